The number of hydrogen-bond donors (Lipinski definition) is 4. The molecular formula is C12H20O5. The summed E-state index contributed by atoms with van der Waals surface area (Å²) < 4.78 is 0. The van der Waals surface area contributed by atoms with Crippen molar-refractivity contribution >= 4 is 5.97 Å². The molecule has 17 heavy (non-hydrogen) atoms. The van der Waals surface area contributed by atoms with Crippen LogP contribution in [0, 0.1) is 11.3 Å². The van der Waals surface area contributed by atoms with Crippen molar-refractivity contribution in [3.05, 3.63) is 23.8 Å². The van der Waals surface area contributed by atoms with Crippen molar-refractivity contribution in [2.75, 3.05) is 19.8 Å². The molecule has 1 atom stereocenters. The fraction of sp³-hybridized carbons (Fsp3) is 0.583. The van der Waals surface area contributed by atoms with Gasteiger partial charge in [0.05, 0.1) is 19.8 Å². The van der Waals surface area contributed by atoms with E-state index in [2.05, 4.69) is 0 Å². The van der Waals surface area contributed by atoms with Crippen LogP contribution in [0.1, 0.15) is 13.8 Å². The molecule has 0 aliphatic carbocycles. The number of carboxylic acids is 1. The third kappa shape index (κ3) is 4.68. The highest BCUT2D eigenvalue weighted by atomic mass is 16.4. The summed E-state index contributed by atoms with van der Waals surface area (Å²) in [7, 11) is 0. The van der Waals surface area contributed by atoms with E-state index in [-0.39, 0.29) is 6.61 Å². The van der Waals surface area contributed by atoms with Gasteiger partial charge in [-0.05, 0) is 13.8 Å². The normalized spacial score (nSPS) is 13.7. The van der Waals surface area contributed by atoms with Crippen LogP contribution in [-0.4, -0.2) is 46.2 Å². The molecule has 0 aliphatic rings. The van der Waals surface area contributed by atoms with E-state index in [0.717, 1.165) is 11.6 Å². The van der Waals surface area contributed by atoms with Gasteiger partial charge in [0.25, 0.3) is 0 Å². The van der Waals surface area contributed by atoms with Crippen LogP contribution in [0.2, 0.25) is 0 Å². The molecule has 4 N–H and O–H groups in total. The van der Waals surface area contributed by atoms with Gasteiger partial charge in [-0.1, -0.05) is 17.7 Å². The Hall–Kier alpha value is -1.17. The first-order valence-electron chi connectivity index (χ1n) is 5.31. The van der Waals surface area contributed by atoms with Crippen molar-refractivity contribution in [2.45, 2.75) is 13.8 Å². The van der Waals surface area contributed by atoms with E-state index < -0.39 is 30.5 Å². The summed E-state index contributed by atoms with van der Waals surface area (Å²) in [5.41, 5.74) is -0.247. The number of carbonyl (C=O) groups is 1. The van der Waals surface area contributed by atoms with Crippen molar-refractivity contribution < 1.29 is 25.2 Å². The van der Waals surface area contributed by atoms with Gasteiger partial charge in [-0.2, -0.15) is 0 Å². The first-order valence-corrected chi connectivity index (χ1v) is 5.31. The Kier molecular flexibility index (Phi) is 6.72. The lowest BCUT2D eigenvalue weighted by Gasteiger charge is -2.32. The van der Waals surface area contributed by atoms with Crippen LogP contribution in [0.15, 0.2) is 23.8 Å². The molecule has 5 nitrogen and oxygen atoms in total. The first-order chi connectivity index (χ1) is 7.91. The Morgan fingerprint density at radius 2 is 1.76 bits per heavy atom. The number of carboxylic acid groups (broad SMARTS) is 1. The van der Waals surface area contributed by atoms with E-state index in [9.17, 15) is 20.1 Å². The van der Waals surface area contributed by atoms with Crippen molar-refractivity contribution in [3.63, 3.8) is 0 Å². The van der Waals surface area contributed by atoms with E-state index in [1.165, 1.54) is 6.08 Å². The zero-order valence-corrected chi connectivity index (χ0v) is 10.1. The Bertz CT molecular complexity index is 298. The van der Waals surface area contributed by atoms with E-state index in [1.54, 1.807) is 6.08 Å². The number of aliphatic carboxylic acids is 1. The van der Waals surface area contributed by atoms with Gasteiger partial charge >= 0.3 is 5.97 Å². The lowest BCUT2D eigenvalue weighted by molar-refractivity contribution is -0.131. The van der Waals surface area contributed by atoms with E-state index in [0.29, 0.717) is 0 Å². The van der Waals surface area contributed by atoms with Gasteiger partial charge in [-0.15, -0.1) is 0 Å². The Labute approximate surface area is 101 Å². The molecule has 0 aromatic rings. The van der Waals surface area contributed by atoms with Crippen LogP contribution in [0.3, 0.4) is 0 Å². The quantitative estimate of drug-likeness (QED) is 0.378. The molecule has 0 radical (unpaired) electrons. The van der Waals surface area contributed by atoms with E-state index in [1.807, 2.05) is 13.8 Å². The SMILES string of the molecule is CC(C)=CC(CO)C(C=CC(=O)O)(CO)CO. The van der Waals surface area contributed by atoms with Gasteiger partial charge < -0.3 is 20.4 Å². The molecule has 1 unspecified atom stereocenters. The highest BCUT2D eigenvalue weighted by molar-refractivity contribution is 5.79. The minimum absolute atomic E-state index is 0.281. The minimum Gasteiger partial charge on any atom is -0.478 e. The summed E-state index contributed by atoms with van der Waals surface area (Å²) in [5.74, 6) is -1.69. The molecule has 0 aromatic carbocycles. The van der Waals surface area contributed by atoms with Crippen LogP contribution in [0.4, 0.5) is 0 Å². The monoisotopic (exact) mass is 244 g/mol. The zero-order valence-electron chi connectivity index (χ0n) is 10.1. The average Bonchev–Trinajstić information content (AvgIpc) is 2.28. The van der Waals surface area contributed by atoms with Crippen LogP contribution in [0.5, 0.6) is 0 Å². The molecule has 0 amide bonds. The van der Waals surface area contributed by atoms with Gasteiger partial charge in [0.1, 0.15) is 0 Å². The van der Waals surface area contributed by atoms with Crippen molar-refractivity contribution in [3.8, 4) is 0 Å². The smallest absolute Gasteiger partial charge is 0.328 e. The maximum absolute atomic E-state index is 10.5. The summed E-state index contributed by atoms with van der Waals surface area (Å²) in [5, 5.41) is 36.6. The topological polar surface area (TPSA) is 98.0 Å². The van der Waals surface area contributed by atoms with Gasteiger partial charge in [-0.25, -0.2) is 4.79 Å². The fourth-order valence-corrected chi connectivity index (χ4v) is 1.55. The molecule has 0 bridgehead atoms. The number of hydrogen-bond acceptors (Lipinski definition) is 4. The fourth-order valence-electron chi connectivity index (χ4n) is 1.55. The van der Waals surface area contributed by atoms with Gasteiger partial charge in [0, 0.05) is 17.4 Å². The molecule has 0 fully saturated rings. The molecule has 98 valence electrons. The van der Waals surface area contributed by atoms with Crippen LogP contribution in [0.25, 0.3) is 0 Å². The molecule has 5 heteroatoms. The number of aliphatic hydroxyl groups excluding tert-OH is 3. The van der Waals surface area contributed by atoms with Gasteiger partial charge in [0.15, 0.2) is 0 Å². The van der Waals surface area contributed by atoms with E-state index in [4.69, 9.17) is 5.11 Å². The van der Waals surface area contributed by atoms with Crippen molar-refractivity contribution in [1.82, 2.24) is 0 Å². The van der Waals surface area contributed by atoms with Crippen LogP contribution in [-0.2, 0) is 4.79 Å². The highest BCUT2D eigenvalue weighted by Gasteiger charge is 2.34. The first kappa shape index (κ1) is 15.8. The predicted octanol–water partition coefficient (Wildman–Crippen LogP) is 0.173. The largest absolute Gasteiger partial charge is 0.478 e. The Morgan fingerprint density at radius 1 is 1.24 bits per heavy atom. The van der Waals surface area contributed by atoms with Crippen molar-refractivity contribution in [1.29, 1.82) is 0 Å². The summed E-state index contributed by atoms with van der Waals surface area (Å²) in [6.07, 6.45) is 3.81. The maximum atomic E-state index is 10.5. The van der Waals surface area contributed by atoms with E-state index >= 15 is 0 Å². The lowest BCUT2D eigenvalue weighted by atomic mass is 9.75. The lowest BCUT2D eigenvalue weighted by Crippen LogP contribution is -2.37. The molecule has 0 aromatic heterocycles. The van der Waals surface area contributed by atoms with Crippen LogP contribution < -0.4 is 0 Å². The molecule has 0 saturated heterocycles. The Morgan fingerprint density at radius 3 is 2.06 bits per heavy atom. The molecule has 0 saturated carbocycles. The summed E-state index contributed by atoms with van der Waals surface area (Å²) in [4.78, 5) is 10.5. The molecule has 0 spiro atoms. The Balaban J connectivity index is 5.28. The molecule has 0 heterocycles. The zero-order chi connectivity index (χ0) is 13.5. The highest BCUT2D eigenvalue weighted by Crippen LogP contribution is 2.30. The van der Waals surface area contributed by atoms with Gasteiger partial charge in [0.2, 0.25) is 0 Å². The summed E-state index contributed by atoms with van der Waals surface area (Å²) in [6.45, 7) is 2.48. The standard InChI is InChI=1S/C12H20O5/c1-9(2)5-10(6-13)12(7-14,8-15)4-3-11(16)17/h3-5,10,13-15H,6-8H2,1-2H3,(H,16,17). The third-order valence-electron chi connectivity index (χ3n) is 2.62. The minimum atomic E-state index is -1.16. The average molecular weight is 244 g/mol. The van der Waals surface area contributed by atoms with Crippen LogP contribution >= 0.6 is 0 Å². The molecule has 0 rings (SSSR count). The van der Waals surface area contributed by atoms with Crippen molar-refractivity contribution in [2.24, 2.45) is 11.3 Å². The second-order valence-electron chi connectivity index (χ2n) is 4.25. The predicted molar refractivity (Wildman–Crippen MR) is 63.4 cm³/mol. The second-order valence-corrected chi connectivity index (χ2v) is 4.25. The second kappa shape index (κ2) is 7.21. The summed E-state index contributed by atoms with van der Waals surface area (Å²) in [6, 6.07) is 0. The summed E-state index contributed by atoms with van der Waals surface area (Å²) >= 11 is 0. The van der Waals surface area contributed by atoms with Gasteiger partial charge in [-0.3, -0.25) is 0 Å². The number of aliphatic hydroxyl groups is 3. The number of rotatable bonds is 7. The number of allylic oxidation sites excluding steroid dienone is 1. The third-order valence-corrected chi connectivity index (χ3v) is 2.62. The molecular weight excluding hydrogens is 224 g/mol. The maximum Gasteiger partial charge on any atom is 0.328 e. The molecule has 0 aliphatic heterocycles.